The Morgan fingerprint density at radius 2 is 2.09 bits per heavy atom. The molecule has 0 aromatic heterocycles. The molecule has 1 aromatic rings. The number of benzene rings is 1. The van der Waals surface area contributed by atoms with Gasteiger partial charge in [-0.05, 0) is 44.8 Å². The van der Waals surface area contributed by atoms with Crippen molar-refractivity contribution in [2.75, 3.05) is 33.7 Å². The van der Waals surface area contributed by atoms with Crippen molar-refractivity contribution in [3.63, 3.8) is 0 Å². The van der Waals surface area contributed by atoms with Gasteiger partial charge in [-0.25, -0.2) is 0 Å². The van der Waals surface area contributed by atoms with Crippen molar-refractivity contribution in [2.24, 2.45) is 5.92 Å². The minimum Gasteiger partial charge on any atom is -0.385 e. The fraction of sp³-hybridized carbons (Fsp3) is 0.611. The molecule has 1 aliphatic rings. The molecule has 2 atom stereocenters. The van der Waals surface area contributed by atoms with Gasteiger partial charge in [0.15, 0.2) is 0 Å². The second kappa shape index (κ2) is 7.25. The topological polar surface area (TPSA) is 43.8 Å². The summed E-state index contributed by atoms with van der Waals surface area (Å²) < 4.78 is 0. The predicted molar refractivity (Wildman–Crippen MR) is 88.5 cm³/mol. The molecular formula is C18H28N2O2. The van der Waals surface area contributed by atoms with Crippen LogP contribution in [0.2, 0.25) is 0 Å². The van der Waals surface area contributed by atoms with Crippen LogP contribution in [-0.2, 0) is 10.4 Å². The molecule has 0 radical (unpaired) electrons. The van der Waals surface area contributed by atoms with Crippen molar-refractivity contribution in [1.82, 2.24) is 9.80 Å². The molecule has 4 heteroatoms. The van der Waals surface area contributed by atoms with E-state index in [1.54, 1.807) is 11.8 Å². The summed E-state index contributed by atoms with van der Waals surface area (Å²) in [5, 5.41) is 10.6. The number of aliphatic hydroxyl groups is 1. The number of carbonyl (C=O) groups excluding carboxylic acids is 1. The number of hydrogen-bond donors (Lipinski definition) is 1. The van der Waals surface area contributed by atoms with Gasteiger partial charge in [0.25, 0.3) is 0 Å². The largest absolute Gasteiger partial charge is 0.385 e. The Morgan fingerprint density at radius 1 is 1.41 bits per heavy atom. The molecule has 122 valence electrons. The van der Waals surface area contributed by atoms with Crippen LogP contribution in [0.1, 0.15) is 31.7 Å². The van der Waals surface area contributed by atoms with Crippen LogP contribution < -0.4 is 0 Å². The number of carbonyl (C=O) groups is 1. The SMILES string of the molecule is CN1CCCC(CN(C)C(=O)CC(C)(O)c2ccccc2)C1. The summed E-state index contributed by atoms with van der Waals surface area (Å²) in [6.45, 7) is 4.68. The van der Waals surface area contributed by atoms with E-state index in [0.717, 1.165) is 25.2 Å². The Balaban J connectivity index is 1.90. The molecule has 2 rings (SSSR count). The van der Waals surface area contributed by atoms with Crippen LogP contribution in [0.5, 0.6) is 0 Å². The Bertz CT molecular complexity index is 487. The maximum absolute atomic E-state index is 12.4. The Morgan fingerprint density at radius 3 is 2.73 bits per heavy atom. The summed E-state index contributed by atoms with van der Waals surface area (Å²) in [5.41, 5.74) is -0.329. The third-order valence-corrected chi connectivity index (χ3v) is 4.57. The molecule has 1 N–H and O–H groups in total. The molecule has 1 aromatic carbocycles. The lowest BCUT2D eigenvalue weighted by Gasteiger charge is -2.33. The number of piperidine rings is 1. The highest BCUT2D eigenvalue weighted by Gasteiger charge is 2.29. The predicted octanol–water partition coefficient (Wildman–Crippen LogP) is 2.08. The summed E-state index contributed by atoms with van der Waals surface area (Å²) in [6, 6.07) is 9.41. The quantitative estimate of drug-likeness (QED) is 0.906. The summed E-state index contributed by atoms with van der Waals surface area (Å²) in [5.74, 6) is 0.538. The van der Waals surface area contributed by atoms with Gasteiger partial charge in [-0.15, -0.1) is 0 Å². The standard InChI is InChI=1S/C18H28N2O2/c1-18(22,16-9-5-4-6-10-16)12-17(21)20(3)14-15-8-7-11-19(2)13-15/h4-6,9-10,15,22H,7-8,11-14H2,1-3H3. The van der Waals surface area contributed by atoms with Crippen molar-refractivity contribution in [1.29, 1.82) is 0 Å². The van der Waals surface area contributed by atoms with Gasteiger partial charge in [-0.3, -0.25) is 4.79 Å². The summed E-state index contributed by atoms with van der Waals surface area (Å²) >= 11 is 0. The van der Waals surface area contributed by atoms with E-state index in [-0.39, 0.29) is 12.3 Å². The van der Waals surface area contributed by atoms with Gasteiger partial charge in [0.05, 0.1) is 12.0 Å². The summed E-state index contributed by atoms with van der Waals surface area (Å²) in [7, 11) is 3.98. The minimum absolute atomic E-state index is 0.00193. The maximum Gasteiger partial charge on any atom is 0.225 e. The highest BCUT2D eigenvalue weighted by Crippen LogP contribution is 2.25. The van der Waals surface area contributed by atoms with Crippen LogP contribution in [-0.4, -0.2) is 54.5 Å². The van der Waals surface area contributed by atoms with E-state index in [2.05, 4.69) is 11.9 Å². The number of nitrogens with zero attached hydrogens (tertiary/aromatic N) is 2. The van der Waals surface area contributed by atoms with Crippen molar-refractivity contribution in [3.05, 3.63) is 35.9 Å². The lowest BCUT2D eigenvalue weighted by atomic mass is 9.91. The van der Waals surface area contributed by atoms with Crippen LogP contribution in [0.4, 0.5) is 0 Å². The second-order valence-electron chi connectivity index (χ2n) is 6.86. The molecule has 1 fully saturated rings. The Hall–Kier alpha value is -1.39. The normalized spacial score (nSPS) is 22.1. The van der Waals surface area contributed by atoms with Gasteiger partial charge in [0.2, 0.25) is 5.91 Å². The smallest absolute Gasteiger partial charge is 0.225 e. The molecular weight excluding hydrogens is 276 g/mol. The third kappa shape index (κ3) is 4.55. The fourth-order valence-electron chi connectivity index (χ4n) is 3.24. The van der Waals surface area contributed by atoms with Gasteiger partial charge in [0.1, 0.15) is 0 Å². The van der Waals surface area contributed by atoms with E-state index in [4.69, 9.17) is 0 Å². The zero-order valence-corrected chi connectivity index (χ0v) is 14.0. The minimum atomic E-state index is -1.12. The first-order valence-electron chi connectivity index (χ1n) is 8.09. The Labute approximate surface area is 133 Å². The van der Waals surface area contributed by atoms with Crippen molar-refractivity contribution in [2.45, 2.75) is 31.8 Å². The molecule has 1 saturated heterocycles. The molecule has 0 aliphatic carbocycles. The molecule has 4 nitrogen and oxygen atoms in total. The number of hydrogen-bond acceptors (Lipinski definition) is 3. The van der Waals surface area contributed by atoms with E-state index in [1.165, 1.54) is 12.8 Å². The average molecular weight is 304 g/mol. The molecule has 0 bridgehead atoms. The summed E-state index contributed by atoms with van der Waals surface area (Å²) in [4.78, 5) is 16.5. The molecule has 2 unspecified atom stereocenters. The van der Waals surface area contributed by atoms with Gasteiger partial charge in [-0.1, -0.05) is 30.3 Å². The van der Waals surface area contributed by atoms with Crippen LogP contribution in [0.3, 0.4) is 0 Å². The molecule has 22 heavy (non-hydrogen) atoms. The van der Waals surface area contributed by atoms with E-state index < -0.39 is 5.60 Å². The molecule has 1 aliphatic heterocycles. The van der Waals surface area contributed by atoms with Crippen LogP contribution in [0.25, 0.3) is 0 Å². The molecule has 1 heterocycles. The van der Waals surface area contributed by atoms with Crippen LogP contribution in [0, 0.1) is 5.92 Å². The van der Waals surface area contributed by atoms with Crippen molar-refractivity contribution in [3.8, 4) is 0 Å². The molecule has 0 saturated carbocycles. The first-order chi connectivity index (χ1) is 10.4. The third-order valence-electron chi connectivity index (χ3n) is 4.57. The number of likely N-dealkylation sites (tertiary alicyclic amines) is 1. The molecule has 0 spiro atoms. The van der Waals surface area contributed by atoms with Crippen LogP contribution in [0.15, 0.2) is 30.3 Å². The van der Waals surface area contributed by atoms with Gasteiger partial charge in [0, 0.05) is 20.1 Å². The Kier molecular flexibility index (Phi) is 5.59. The fourth-order valence-corrected chi connectivity index (χ4v) is 3.24. The highest BCUT2D eigenvalue weighted by molar-refractivity contribution is 5.77. The van der Waals surface area contributed by atoms with Crippen molar-refractivity contribution < 1.29 is 9.90 Å². The average Bonchev–Trinajstić information content (AvgIpc) is 2.47. The van der Waals surface area contributed by atoms with E-state index in [0.29, 0.717) is 5.92 Å². The van der Waals surface area contributed by atoms with Gasteiger partial charge < -0.3 is 14.9 Å². The van der Waals surface area contributed by atoms with E-state index >= 15 is 0 Å². The van der Waals surface area contributed by atoms with Crippen molar-refractivity contribution >= 4 is 5.91 Å². The zero-order valence-electron chi connectivity index (χ0n) is 14.0. The zero-order chi connectivity index (χ0) is 16.2. The first kappa shape index (κ1) is 17.0. The van der Waals surface area contributed by atoms with Gasteiger partial charge in [-0.2, -0.15) is 0 Å². The monoisotopic (exact) mass is 304 g/mol. The molecule has 1 amide bonds. The van der Waals surface area contributed by atoms with Gasteiger partial charge >= 0.3 is 0 Å². The summed E-state index contributed by atoms with van der Waals surface area (Å²) in [6.07, 6.45) is 2.50. The first-order valence-corrected chi connectivity index (χ1v) is 8.09. The number of rotatable bonds is 5. The lowest BCUT2D eigenvalue weighted by Crippen LogP contribution is -2.41. The lowest BCUT2D eigenvalue weighted by molar-refractivity contribution is -0.135. The highest BCUT2D eigenvalue weighted by atomic mass is 16.3. The van der Waals surface area contributed by atoms with E-state index in [1.807, 2.05) is 37.4 Å². The van der Waals surface area contributed by atoms with Crippen LogP contribution >= 0.6 is 0 Å². The maximum atomic E-state index is 12.4. The van der Waals surface area contributed by atoms with E-state index in [9.17, 15) is 9.90 Å². The number of amides is 1. The second-order valence-corrected chi connectivity index (χ2v) is 6.86.